The van der Waals surface area contributed by atoms with Gasteiger partial charge < -0.3 is 19.8 Å². The van der Waals surface area contributed by atoms with Gasteiger partial charge in [-0.05, 0) is 51.6 Å². The molecule has 0 aliphatic carbocycles. The minimum absolute atomic E-state index is 0.0625. The third-order valence-electron chi connectivity index (χ3n) is 5.87. The zero-order valence-electron chi connectivity index (χ0n) is 21.0. The summed E-state index contributed by atoms with van der Waals surface area (Å²) in [6.45, 7) is 8.21. The smallest absolute Gasteiger partial charge is 0.259 e. The van der Waals surface area contributed by atoms with Crippen LogP contribution in [0.3, 0.4) is 0 Å². The van der Waals surface area contributed by atoms with Crippen molar-refractivity contribution in [1.82, 2.24) is 14.8 Å². The number of aliphatic hydroxyl groups is 2. The molecule has 3 rings (SSSR count). The summed E-state index contributed by atoms with van der Waals surface area (Å²) in [6.07, 6.45) is 1.21. The van der Waals surface area contributed by atoms with Gasteiger partial charge in [0, 0.05) is 37.3 Å². The van der Waals surface area contributed by atoms with Gasteiger partial charge >= 0.3 is 0 Å². The van der Waals surface area contributed by atoms with Crippen LogP contribution in [0.5, 0.6) is 5.88 Å². The second-order valence-electron chi connectivity index (χ2n) is 9.84. The van der Waals surface area contributed by atoms with Crippen molar-refractivity contribution in [2.45, 2.75) is 52.0 Å². The van der Waals surface area contributed by atoms with Gasteiger partial charge in [-0.15, -0.1) is 0 Å². The summed E-state index contributed by atoms with van der Waals surface area (Å²) in [4.78, 5) is 21.5. The van der Waals surface area contributed by atoms with Crippen molar-refractivity contribution in [3.8, 4) is 17.7 Å². The van der Waals surface area contributed by atoms with E-state index in [0.29, 0.717) is 25.2 Å². The highest BCUT2D eigenvalue weighted by Gasteiger charge is 2.34. The predicted octanol–water partition coefficient (Wildman–Crippen LogP) is 2.70. The molecule has 188 valence electrons. The van der Waals surface area contributed by atoms with Crippen LogP contribution in [0.15, 0.2) is 36.5 Å². The molecule has 1 aliphatic heterocycles. The number of aliphatic hydroxyl groups excluding tert-OH is 1. The lowest BCUT2D eigenvalue weighted by Crippen LogP contribution is -2.49. The zero-order valence-corrected chi connectivity index (χ0v) is 21.0. The number of fused-ring (bicyclic) bond motifs is 1. The molecular formula is C27H34FN3O4. The predicted molar refractivity (Wildman–Crippen MR) is 131 cm³/mol. The number of carbonyl (C=O) groups excluding carboxylic acids is 1. The Labute approximate surface area is 206 Å². The first-order valence-electron chi connectivity index (χ1n) is 11.7. The van der Waals surface area contributed by atoms with Gasteiger partial charge in [-0.3, -0.25) is 9.69 Å². The molecule has 1 aliphatic rings. The standard InChI is InChI=1S/C27H34FN3O4/c1-18-14-31(19(2)17-32)26(33)23-12-20(9-10-27(3,4)34)13-29-25(23)35-24(18)16-30(5)15-21-7-6-8-22(28)11-21/h6-8,11-13,18-19,24,32,34H,14-17H2,1-5H3/t18-,19+,24+/m1/s1. The Kier molecular flexibility index (Phi) is 8.49. The molecule has 0 saturated heterocycles. The fourth-order valence-electron chi connectivity index (χ4n) is 3.93. The molecule has 0 unspecified atom stereocenters. The number of hydrogen-bond acceptors (Lipinski definition) is 6. The number of hydrogen-bond donors (Lipinski definition) is 2. The highest BCUT2D eigenvalue weighted by molar-refractivity contribution is 5.97. The van der Waals surface area contributed by atoms with E-state index in [2.05, 4.69) is 16.8 Å². The Balaban J connectivity index is 1.92. The number of carbonyl (C=O) groups is 1. The Bertz CT molecular complexity index is 1110. The Hall–Kier alpha value is -2.99. The summed E-state index contributed by atoms with van der Waals surface area (Å²) in [5.41, 5.74) is 0.408. The second kappa shape index (κ2) is 11.2. The van der Waals surface area contributed by atoms with Gasteiger partial charge in [0.05, 0.1) is 12.6 Å². The van der Waals surface area contributed by atoms with Gasteiger partial charge in [0.25, 0.3) is 5.91 Å². The molecule has 0 radical (unpaired) electrons. The Morgan fingerprint density at radius 2 is 2.11 bits per heavy atom. The van der Waals surface area contributed by atoms with Crippen LogP contribution in [-0.2, 0) is 6.54 Å². The molecule has 0 saturated carbocycles. The van der Waals surface area contributed by atoms with Crippen LogP contribution in [-0.4, -0.2) is 75.4 Å². The average molecular weight is 484 g/mol. The van der Waals surface area contributed by atoms with Gasteiger partial charge in [0.1, 0.15) is 23.1 Å². The molecule has 1 aromatic carbocycles. The highest BCUT2D eigenvalue weighted by Crippen LogP contribution is 2.27. The quantitative estimate of drug-likeness (QED) is 0.615. The van der Waals surface area contributed by atoms with E-state index in [-0.39, 0.29) is 41.8 Å². The molecule has 2 heterocycles. The topological polar surface area (TPSA) is 86.1 Å². The number of ether oxygens (including phenoxy) is 1. The van der Waals surface area contributed by atoms with Crippen LogP contribution < -0.4 is 4.74 Å². The number of nitrogens with zero attached hydrogens (tertiary/aromatic N) is 3. The van der Waals surface area contributed by atoms with Crippen molar-refractivity contribution < 1.29 is 24.1 Å². The van der Waals surface area contributed by atoms with Crippen molar-refractivity contribution >= 4 is 5.91 Å². The van der Waals surface area contributed by atoms with Gasteiger partial charge in [0.2, 0.25) is 5.88 Å². The molecule has 0 spiro atoms. The minimum Gasteiger partial charge on any atom is -0.472 e. The highest BCUT2D eigenvalue weighted by atomic mass is 19.1. The van der Waals surface area contributed by atoms with E-state index in [1.54, 1.807) is 37.8 Å². The number of halogens is 1. The van der Waals surface area contributed by atoms with Crippen LogP contribution in [0.2, 0.25) is 0 Å². The van der Waals surface area contributed by atoms with Crippen molar-refractivity contribution in [3.05, 3.63) is 59.0 Å². The number of rotatable bonds is 6. The molecule has 7 nitrogen and oxygen atoms in total. The van der Waals surface area contributed by atoms with Gasteiger partial charge in [-0.25, -0.2) is 9.37 Å². The second-order valence-corrected chi connectivity index (χ2v) is 9.84. The summed E-state index contributed by atoms with van der Waals surface area (Å²) in [5, 5.41) is 19.7. The lowest BCUT2D eigenvalue weighted by atomic mass is 9.99. The first-order valence-corrected chi connectivity index (χ1v) is 11.7. The van der Waals surface area contributed by atoms with E-state index in [0.717, 1.165) is 5.56 Å². The average Bonchev–Trinajstić information content (AvgIpc) is 2.79. The van der Waals surface area contributed by atoms with Crippen LogP contribution in [0.4, 0.5) is 4.39 Å². The van der Waals surface area contributed by atoms with Gasteiger partial charge in [-0.2, -0.15) is 0 Å². The van der Waals surface area contributed by atoms with Crippen molar-refractivity contribution in [3.63, 3.8) is 0 Å². The number of amides is 1. The SMILES string of the molecule is C[C@@H]1CN([C@@H](C)CO)C(=O)c2cc(C#CC(C)(C)O)cnc2O[C@H]1CN(C)Cc1cccc(F)c1. The van der Waals surface area contributed by atoms with E-state index in [1.165, 1.54) is 18.3 Å². The minimum atomic E-state index is -1.19. The summed E-state index contributed by atoms with van der Waals surface area (Å²) in [5.74, 6) is 5.16. The number of pyridine rings is 1. The molecule has 0 fully saturated rings. The van der Waals surface area contributed by atoms with Crippen molar-refractivity contribution in [1.29, 1.82) is 0 Å². The van der Waals surface area contributed by atoms with E-state index in [1.807, 2.05) is 24.9 Å². The van der Waals surface area contributed by atoms with E-state index >= 15 is 0 Å². The monoisotopic (exact) mass is 483 g/mol. The molecule has 0 bridgehead atoms. The maximum absolute atomic E-state index is 13.6. The lowest BCUT2D eigenvalue weighted by molar-refractivity contribution is 0.0325. The van der Waals surface area contributed by atoms with E-state index in [4.69, 9.17) is 4.74 Å². The van der Waals surface area contributed by atoms with E-state index < -0.39 is 11.6 Å². The third-order valence-corrected chi connectivity index (χ3v) is 5.87. The summed E-state index contributed by atoms with van der Waals surface area (Å²) < 4.78 is 19.9. The normalized spacial score (nSPS) is 19.2. The fraction of sp³-hybridized carbons (Fsp3) is 0.481. The van der Waals surface area contributed by atoms with Gasteiger partial charge in [-0.1, -0.05) is 30.9 Å². The van der Waals surface area contributed by atoms with Gasteiger partial charge in [0.15, 0.2) is 0 Å². The molecule has 8 heteroatoms. The van der Waals surface area contributed by atoms with Crippen molar-refractivity contribution in [2.75, 3.05) is 26.7 Å². The maximum Gasteiger partial charge on any atom is 0.259 e. The van der Waals surface area contributed by atoms with Crippen LogP contribution >= 0.6 is 0 Å². The summed E-state index contributed by atoms with van der Waals surface area (Å²) in [6, 6.07) is 7.71. The van der Waals surface area contributed by atoms with Crippen LogP contribution in [0.1, 0.15) is 49.2 Å². The summed E-state index contributed by atoms with van der Waals surface area (Å²) >= 11 is 0. The number of benzene rings is 1. The molecular weight excluding hydrogens is 449 g/mol. The first-order chi connectivity index (χ1) is 16.5. The molecule has 2 N–H and O–H groups in total. The Morgan fingerprint density at radius 3 is 2.77 bits per heavy atom. The number of likely N-dealkylation sites (N-methyl/N-ethyl adjacent to an activating group) is 1. The Morgan fingerprint density at radius 1 is 1.37 bits per heavy atom. The van der Waals surface area contributed by atoms with Crippen LogP contribution in [0, 0.1) is 23.6 Å². The summed E-state index contributed by atoms with van der Waals surface area (Å²) in [7, 11) is 1.93. The molecule has 3 atom stereocenters. The lowest BCUT2D eigenvalue weighted by Gasteiger charge is -2.37. The first kappa shape index (κ1) is 26.6. The maximum atomic E-state index is 13.6. The zero-order chi connectivity index (χ0) is 25.8. The third kappa shape index (κ3) is 7.25. The number of aromatic nitrogens is 1. The molecule has 1 amide bonds. The molecule has 2 aromatic rings. The van der Waals surface area contributed by atoms with Crippen molar-refractivity contribution in [2.24, 2.45) is 5.92 Å². The van der Waals surface area contributed by atoms with E-state index in [9.17, 15) is 19.4 Å². The van der Waals surface area contributed by atoms with Crippen LogP contribution in [0.25, 0.3) is 0 Å². The fourth-order valence-corrected chi connectivity index (χ4v) is 3.93. The largest absolute Gasteiger partial charge is 0.472 e. The molecule has 35 heavy (non-hydrogen) atoms. The molecule has 1 aromatic heterocycles.